The normalized spacial score (nSPS) is 11.3. The second kappa shape index (κ2) is 7.20. The van der Waals surface area contributed by atoms with Gasteiger partial charge in [-0.1, -0.05) is 18.2 Å². The van der Waals surface area contributed by atoms with Gasteiger partial charge in [0, 0.05) is 13.6 Å². The van der Waals surface area contributed by atoms with Gasteiger partial charge in [0.2, 0.25) is 5.82 Å². The van der Waals surface area contributed by atoms with E-state index in [9.17, 15) is 22.8 Å². The van der Waals surface area contributed by atoms with E-state index in [0.29, 0.717) is 15.0 Å². The van der Waals surface area contributed by atoms with Crippen molar-refractivity contribution < 1.29 is 22.7 Å². The quantitative estimate of drug-likeness (QED) is 0.841. The predicted molar refractivity (Wildman–Crippen MR) is 77.4 cm³/mol. The maximum Gasteiger partial charge on any atom is 0.451 e. The van der Waals surface area contributed by atoms with E-state index in [0.717, 1.165) is 7.05 Å². The van der Waals surface area contributed by atoms with Crippen molar-refractivity contribution in [2.75, 3.05) is 13.2 Å². The molecule has 0 aliphatic carbocycles. The summed E-state index contributed by atoms with van der Waals surface area (Å²) in [7, 11) is 0.987. The fourth-order valence-electron chi connectivity index (χ4n) is 1.90. The lowest BCUT2D eigenvalue weighted by molar-refractivity contribution is -0.147. The van der Waals surface area contributed by atoms with Gasteiger partial charge in [0.25, 0.3) is 5.91 Å². The van der Waals surface area contributed by atoms with Gasteiger partial charge >= 0.3 is 11.9 Å². The number of halogens is 3. The molecule has 1 heterocycles. The summed E-state index contributed by atoms with van der Waals surface area (Å²) in [5.41, 5.74) is -0.905. The minimum atomic E-state index is -4.72. The third kappa shape index (κ3) is 4.37. The maximum atomic E-state index is 12.6. The zero-order valence-electron chi connectivity index (χ0n) is 12.7. The monoisotopic (exact) mass is 344 g/mol. The molecule has 1 aromatic heterocycles. The summed E-state index contributed by atoms with van der Waals surface area (Å²) >= 11 is 0. The summed E-state index contributed by atoms with van der Waals surface area (Å²) in [6.07, 6.45) is -4.72. The van der Waals surface area contributed by atoms with Crippen LogP contribution in [-0.2, 0) is 24.6 Å². The van der Waals surface area contributed by atoms with Crippen LogP contribution >= 0.6 is 0 Å². The number of benzene rings is 1. The first kappa shape index (κ1) is 17.6. The second-order valence-electron chi connectivity index (χ2n) is 4.84. The highest BCUT2D eigenvalue weighted by Crippen LogP contribution is 2.25. The standard InChI is InChI=1S/C14H15F3N4O3/c1-20-12(14(15,16)17)19-21(13(20)23)8-7-18-11(22)9-24-10-5-3-2-4-6-10/h2-6H,7-9H2,1H3,(H,18,22). The summed E-state index contributed by atoms with van der Waals surface area (Å²) in [6.45, 7) is -0.472. The molecule has 0 aliphatic rings. The van der Waals surface area contributed by atoms with Gasteiger partial charge in [-0.3, -0.25) is 9.36 Å². The van der Waals surface area contributed by atoms with E-state index >= 15 is 0 Å². The number of hydrogen-bond acceptors (Lipinski definition) is 4. The second-order valence-corrected chi connectivity index (χ2v) is 4.84. The number of rotatable bonds is 6. The number of hydrogen-bond donors (Lipinski definition) is 1. The van der Waals surface area contributed by atoms with Crippen molar-refractivity contribution in [3.63, 3.8) is 0 Å². The number of para-hydroxylation sites is 1. The molecule has 0 spiro atoms. The summed E-state index contributed by atoms with van der Waals surface area (Å²) in [4.78, 5) is 23.2. The highest BCUT2D eigenvalue weighted by Gasteiger charge is 2.37. The Labute approximate surface area is 134 Å². The molecule has 0 radical (unpaired) electrons. The molecule has 0 aliphatic heterocycles. The van der Waals surface area contributed by atoms with Crippen LogP contribution in [0.2, 0.25) is 0 Å². The number of nitrogens with zero attached hydrogens (tertiary/aromatic N) is 3. The third-order valence-corrected chi connectivity index (χ3v) is 3.05. The first-order chi connectivity index (χ1) is 11.3. The molecule has 0 fully saturated rings. The highest BCUT2D eigenvalue weighted by molar-refractivity contribution is 5.77. The van der Waals surface area contributed by atoms with Crippen LogP contribution in [0.4, 0.5) is 13.2 Å². The van der Waals surface area contributed by atoms with Crippen LogP contribution in [0, 0.1) is 0 Å². The fraction of sp³-hybridized carbons (Fsp3) is 0.357. The van der Waals surface area contributed by atoms with Crippen molar-refractivity contribution >= 4 is 5.91 Å². The lowest BCUT2D eigenvalue weighted by atomic mass is 10.3. The molecule has 0 unspecified atom stereocenters. The zero-order valence-corrected chi connectivity index (χ0v) is 12.7. The Hall–Kier alpha value is -2.78. The van der Waals surface area contributed by atoms with E-state index in [1.165, 1.54) is 0 Å². The molecule has 2 rings (SSSR count). The van der Waals surface area contributed by atoms with Crippen LogP contribution in [0.15, 0.2) is 35.1 Å². The molecular formula is C14H15F3N4O3. The first-order valence-corrected chi connectivity index (χ1v) is 6.94. The van der Waals surface area contributed by atoms with Crippen LogP contribution in [0.1, 0.15) is 5.82 Å². The molecule has 10 heteroatoms. The number of nitrogens with one attached hydrogen (secondary N) is 1. The van der Waals surface area contributed by atoms with Crippen molar-refractivity contribution in [1.29, 1.82) is 0 Å². The van der Waals surface area contributed by atoms with E-state index in [1.807, 2.05) is 0 Å². The average molecular weight is 344 g/mol. The van der Waals surface area contributed by atoms with Crippen LogP contribution in [0.5, 0.6) is 5.75 Å². The summed E-state index contributed by atoms with van der Waals surface area (Å²) < 4.78 is 44.2. The van der Waals surface area contributed by atoms with Crippen LogP contribution in [-0.4, -0.2) is 33.4 Å². The van der Waals surface area contributed by atoms with Gasteiger partial charge in [-0.25, -0.2) is 9.48 Å². The lowest BCUT2D eigenvalue weighted by Crippen LogP contribution is -2.34. The Morgan fingerprint density at radius 2 is 1.96 bits per heavy atom. The lowest BCUT2D eigenvalue weighted by Gasteiger charge is -2.07. The van der Waals surface area contributed by atoms with Crippen molar-refractivity contribution in [2.45, 2.75) is 12.7 Å². The minimum absolute atomic E-state index is 0.0504. The predicted octanol–water partition coefficient (Wildman–Crippen LogP) is 0.796. The molecule has 0 saturated carbocycles. The molecule has 1 N–H and O–H groups in total. The van der Waals surface area contributed by atoms with E-state index in [2.05, 4.69) is 10.4 Å². The number of carbonyl (C=O) groups excluding carboxylic acids is 1. The minimum Gasteiger partial charge on any atom is -0.484 e. The Bertz CT molecular complexity index is 753. The van der Waals surface area contributed by atoms with Gasteiger partial charge in [0.1, 0.15) is 5.75 Å². The van der Waals surface area contributed by atoms with Gasteiger partial charge in [-0.05, 0) is 12.1 Å². The van der Waals surface area contributed by atoms with Gasteiger partial charge in [0.05, 0.1) is 6.54 Å². The van der Waals surface area contributed by atoms with Gasteiger partial charge in [0.15, 0.2) is 6.61 Å². The Kier molecular flexibility index (Phi) is 5.27. The van der Waals surface area contributed by atoms with E-state index < -0.39 is 23.6 Å². The number of ether oxygens (including phenoxy) is 1. The Balaban J connectivity index is 1.84. The molecule has 0 bridgehead atoms. The average Bonchev–Trinajstić information content (AvgIpc) is 2.82. The SMILES string of the molecule is Cn1c(C(F)(F)F)nn(CCNC(=O)COc2ccccc2)c1=O. The zero-order chi connectivity index (χ0) is 17.7. The van der Waals surface area contributed by atoms with Gasteiger partial charge in [-0.15, -0.1) is 5.10 Å². The molecule has 0 saturated heterocycles. The summed E-state index contributed by atoms with van der Waals surface area (Å²) in [5, 5.41) is 5.67. The molecule has 130 valence electrons. The molecular weight excluding hydrogens is 329 g/mol. The van der Waals surface area contributed by atoms with Crippen molar-refractivity contribution in [3.8, 4) is 5.75 Å². The molecule has 7 nitrogen and oxygen atoms in total. The number of aromatic nitrogens is 3. The third-order valence-electron chi connectivity index (χ3n) is 3.05. The van der Waals surface area contributed by atoms with Crippen molar-refractivity contribution in [2.24, 2.45) is 7.05 Å². The van der Waals surface area contributed by atoms with E-state index in [-0.39, 0.29) is 19.7 Å². The number of amides is 1. The molecule has 2 aromatic rings. The molecule has 0 atom stereocenters. The Morgan fingerprint density at radius 1 is 1.29 bits per heavy atom. The largest absolute Gasteiger partial charge is 0.484 e. The molecule has 1 amide bonds. The van der Waals surface area contributed by atoms with Crippen LogP contribution in [0.3, 0.4) is 0 Å². The van der Waals surface area contributed by atoms with Crippen molar-refractivity contribution in [3.05, 3.63) is 46.6 Å². The summed E-state index contributed by atoms with van der Waals surface area (Å²) in [6, 6.07) is 8.66. The van der Waals surface area contributed by atoms with Crippen LogP contribution in [0.25, 0.3) is 0 Å². The Morgan fingerprint density at radius 3 is 2.54 bits per heavy atom. The molecule has 1 aromatic carbocycles. The fourth-order valence-corrected chi connectivity index (χ4v) is 1.90. The highest BCUT2D eigenvalue weighted by atomic mass is 19.4. The van der Waals surface area contributed by atoms with E-state index in [4.69, 9.17) is 4.74 Å². The van der Waals surface area contributed by atoms with Crippen molar-refractivity contribution in [1.82, 2.24) is 19.7 Å². The van der Waals surface area contributed by atoms with E-state index in [1.54, 1.807) is 30.3 Å². The van der Waals surface area contributed by atoms with Crippen LogP contribution < -0.4 is 15.7 Å². The smallest absolute Gasteiger partial charge is 0.451 e. The maximum absolute atomic E-state index is 12.6. The van der Waals surface area contributed by atoms with Gasteiger partial charge < -0.3 is 10.1 Å². The summed E-state index contributed by atoms with van der Waals surface area (Å²) in [5.74, 6) is -1.23. The number of alkyl halides is 3. The first-order valence-electron chi connectivity index (χ1n) is 6.94. The molecule has 24 heavy (non-hydrogen) atoms. The topological polar surface area (TPSA) is 78.2 Å². The van der Waals surface area contributed by atoms with Gasteiger partial charge in [-0.2, -0.15) is 13.2 Å². The number of carbonyl (C=O) groups is 1.